The highest BCUT2D eigenvalue weighted by molar-refractivity contribution is 6.09. The smallest absolute Gasteiger partial charge is 0.159 e. The molecular weight excluding hydrogens is 526 g/mol. The predicted octanol–water partition coefficient (Wildman–Crippen LogP) is 8.89. The van der Waals surface area contributed by atoms with Gasteiger partial charge in [-0.25, -0.2) is 15.0 Å². The van der Waals surface area contributed by atoms with Crippen molar-refractivity contribution in [1.82, 2.24) is 24.1 Å². The number of rotatable bonds is 3. The average Bonchev–Trinajstić information content (AvgIpc) is 3.61. The molecule has 0 fully saturated rings. The molecule has 0 saturated carbocycles. The van der Waals surface area contributed by atoms with Crippen molar-refractivity contribution in [3.8, 4) is 34.2 Å². The summed E-state index contributed by atoms with van der Waals surface area (Å²) in [6.45, 7) is 4.67. The second kappa shape index (κ2) is 8.73. The molecule has 1 aliphatic heterocycles. The van der Waals surface area contributed by atoms with Crippen LogP contribution in [0.5, 0.6) is 0 Å². The van der Waals surface area contributed by atoms with Crippen molar-refractivity contribution in [1.29, 1.82) is 0 Å². The Balaban J connectivity index is 1.31. The fourth-order valence-electron chi connectivity index (χ4n) is 7.01. The fraction of sp³-hybridized carbons (Fsp3) is 0.0789. The molecule has 0 atom stereocenters. The van der Waals surface area contributed by atoms with Crippen molar-refractivity contribution in [2.24, 2.45) is 0 Å². The lowest BCUT2D eigenvalue weighted by Crippen LogP contribution is -2.26. The van der Waals surface area contributed by atoms with Crippen LogP contribution in [0.1, 0.15) is 25.0 Å². The molecule has 5 nitrogen and oxygen atoms in total. The van der Waals surface area contributed by atoms with Crippen molar-refractivity contribution in [2.45, 2.75) is 19.3 Å². The summed E-state index contributed by atoms with van der Waals surface area (Å²) in [5.74, 6) is 1.62. The first-order valence-electron chi connectivity index (χ1n) is 14.6. The fourth-order valence-corrected chi connectivity index (χ4v) is 7.01. The highest BCUT2D eigenvalue weighted by atomic mass is 15.1. The van der Waals surface area contributed by atoms with Gasteiger partial charge in [-0.05, 0) is 59.7 Å². The Morgan fingerprint density at radius 3 is 2.05 bits per heavy atom. The van der Waals surface area contributed by atoms with Crippen LogP contribution < -0.4 is 0 Å². The Labute approximate surface area is 248 Å². The molecule has 0 N–H and O–H groups in total. The number of benzene rings is 5. The van der Waals surface area contributed by atoms with E-state index in [9.17, 15) is 0 Å². The molecule has 204 valence electrons. The molecular formula is C38H27N5. The first-order chi connectivity index (χ1) is 21.1. The summed E-state index contributed by atoms with van der Waals surface area (Å²) in [6, 6.07) is 41.0. The Morgan fingerprint density at radius 2 is 1.28 bits per heavy atom. The van der Waals surface area contributed by atoms with Gasteiger partial charge in [0, 0.05) is 45.4 Å². The molecule has 3 aromatic heterocycles. The molecule has 9 rings (SSSR count). The van der Waals surface area contributed by atoms with E-state index in [1.165, 1.54) is 38.4 Å². The predicted molar refractivity (Wildman–Crippen MR) is 174 cm³/mol. The molecule has 0 bridgehead atoms. The number of hydrogen-bond acceptors (Lipinski definition) is 3. The summed E-state index contributed by atoms with van der Waals surface area (Å²) >= 11 is 0. The number of fused-ring (bicyclic) bond motifs is 5. The first-order valence-corrected chi connectivity index (χ1v) is 14.6. The highest BCUT2D eigenvalue weighted by Crippen LogP contribution is 2.47. The molecule has 8 aromatic rings. The normalized spacial score (nSPS) is 13.5. The Bertz CT molecular complexity index is 2320. The van der Waals surface area contributed by atoms with Gasteiger partial charge in [0.2, 0.25) is 0 Å². The van der Waals surface area contributed by atoms with E-state index in [1.807, 2.05) is 6.07 Å². The van der Waals surface area contributed by atoms with Gasteiger partial charge in [-0.15, -0.1) is 0 Å². The minimum Gasteiger partial charge on any atom is -0.309 e. The third kappa shape index (κ3) is 3.36. The molecule has 0 radical (unpaired) electrons. The second-order valence-electron chi connectivity index (χ2n) is 11.8. The van der Waals surface area contributed by atoms with Gasteiger partial charge in [0.05, 0.1) is 27.8 Å². The molecule has 5 aromatic carbocycles. The van der Waals surface area contributed by atoms with E-state index in [0.717, 1.165) is 33.8 Å². The quantitative estimate of drug-likeness (QED) is 0.220. The van der Waals surface area contributed by atoms with Crippen LogP contribution in [0.2, 0.25) is 0 Å². The van der Waals surface area contributed by atoms with Gasteiger partial charge in [-0.2, -0.15) is 0 Å². The lowest BCUT2D eigenvalue weighted by atomic mass is 9.74. The van der Waals surface area contributed by atoms with Crippen molar-refractivity contribution in [2.75, 3.05) is 0 Å². The van der Waals surface area contributed by atoms with Gasteiger partial charge >= 0.3 is 0 Å². The zero-order valence-electron chi connectivity index (χ0n) is 23.9. The Kier molecular flexibility index (Phi) is 4.89. The number of para-hydroxylation sites is 3. The van der Waals surface area contributed by atoms with Gasteiger partial charge < -0.3 is 4.57 Å². The Hall–Kier alpha value is -5.55. The van der Waals surface area contributed by atoms with E-state index in [4.69, 9.17) is 4.98 Å². The van der Waals surface area contributed by atoms with E-state index >= 15 is 0 Å². The molecule has 0 saturated heterocycles. The number of nitrogens with zero attached hydrogens (tertiary/aromatic N) is 5. The summed E-state index contributed by atoms with van der Waals surface area (Å²) < 4.78 is 4.75. The van der Waals surface area contributed by atoms with Crippen molar-refractivity contribution in [3.63, 3.8) is 0 Å². The topological polar surface area (TPSA) is 48.5 Å². The maximum Gasteiger partial charge on any atom is 0.159 e. The molecule has 0 unspecified atom stereocenters. The average molecular weight is 554 g/mol. The van der Waals surface area contributed by atoms with Crippen LogP contribution in [0.15, 0.2) is 128 Å². The first kappa shape index (κ1) is 24.1. The van der Waals surface area contributed by atoms with Gasteiger partial charge in [0.1, 0.15) is 5.82 Å². The van der Waals surface area contributed by atoms with E-state index in [2.05, 4.69) is 142 Å². The molecule has 4 heterocycles. The zero-order chi connectivity index (χ0) is 28.7. The van der Waals surface area contributed by atoms with E-state index in [1.54, 1.807) is 12.4 Å². The van der Waals surface area contributed by atoms with Crippen molar-refractivity contribution in [3.05, 3.63) is 139 Å². The minimum absolute atomic E-state index is 0.226. The Morgan fingerprint density at radius 1 is 0.581 bits per heavy atom. The van der Waals surface area contributed by atoms with E-state index in [-0.39, 0.29) is 5.41 Å². The van der Waals surface area contributed by atoms with Crippen LogP contribution in [0, 0.1) is 0 Å². The maximum atomic E-state index is 5.22. The lowest BCUT2D eigenvalue weighted by Gasteiger charge is -2.35. The van der Waals surface area contributed by atoms with Crippen molar-refractivity contribution >= 4 is 32.8 Å². The molecule has 0 amide bonds. The summed E-state index contributed by atoms with van der Waals surface area (Å²) in [6.07, 6.45) is 3.56. The van der Waals surface area contributed by atoms with Crippen LogP contribution in [0.25, 0.3) is 67.0 Å². The van der Waals surface area contributed by atoms with Gasteiger partial charge in [0.15, 0.2) is 5.82 Å². The summed E-state index contributed by atoms with van der Waals surface area (Å²) in [4.78, 5) is 14.2. The monoisotopic (exact) mass is 553 g/mol. The number of hydrogen-bond donors (Lipinski definition) is 0. The standard InChI is InChI=1S/C38H27N5/c1-38(2)29-14-8-15-31-35(29)43(37(41-31)25-11-7-10-24(22-25)36-39-20-9-21-40-36)34-19-18-26(23-30(34)38)42-32-16-5-3-12-27(32)28-13-4-6-17-33(28)42/h3-23H,1-2H3. The molecule has 0 aliphatic carbocycles. The van der Waals surface area contributed by atoms with E-state index < -0.39 is 0 Å². The van der Waals surface area contributed by atoms with Crippen LogP contribution in [0.4, 0.5) is 0 Å². The number of aromatic nitrogens is 5. The van der Waals surface area contributed by atoms with Crippen molar-refractivity contribution < 1.29 is 0 Å². The third-order valence-corrected chi connectivity index (χ3v) is 9.03. The minimum atomic E-state index is -0.226. The van der Waals surface area contributed by atoms with Crippen LogP contribution in [0.3, 0.4) is 0 Å². The van der Waals surface area contributed by atoms with Crippen LogP contribution in [-0.2, 0) is 5.41 Å². The summed E-state index contributed by atoms with van der Waals surface area (Å²) in [7, 11) is 0. The largest absolute Gasteiger partial charge is 0.309 e. The van der Waals surface area contributed by atoms with Gasteiger partial charge in [-0.3, -0.25) is 4.57 Å². The lowest BCUT2D eigenvalue weighted by molar-refractivity contribution is 0.628. The SMILES string of the molecule is CC1(C)c2cc(-n3c4ccccc4c4ccccc43)ccc2-n2c(-c3cccc(-c4ncccn4)c3)nc3cccc1c32. The summed E-state index contributed by atoms with van der Waals surface area (Å²) in [5.41, 5.74) is 11.2. The number of imidazole rings is 1. The second-order valence-corrected chi connectivity index (χ2v) is 11.8. The van der Waals surface area contributed by atoms with Crippen LogP contribution in [-0.4, -0.2) is 24.1 Å². The van der Waals surface area contributed by atoms with Crippen LogP contribution >= 0.6 is 0 Å². The third-order valence-electron chi connectivity index (χ3n) is 9.03. The van der Waals surface area contributed by atoms with E-state index in [0.29, 0.717) is 5.82 Å². The van der Waals surface area contributed by atoms with Gasteiger partial charge in [0.25, 0.3) is 0 Å². The van der Waals surface area contributed by atoms with Gasteiger partial charge in [-0.1, -0.05) is 80.6 Å². The zero-order valence-corrected chi connectivity index (χ0v) is 23.9. The molecule has 5 heteroatoms. The molecule has 1 aliphatic rings. The molecule has 0 spiro atoms. The maximum absolute atomic E-state index is 5.22. The summed E-state index contributed by atoms with van der Waals surface area (Å²) in [5, 5.41) is 2.53. The molecule has 43 heavy (non-hydrogen) atoms. The highest BCUT2D eigenvalue weighted by Gasteiger charge is 2.36.